The summed E-state index contributed by atoms with van der Waals surface area (Å²) in [5.74, 6) is -0.0459. The summed E-state index contributed by atoms with van der Waals surface area (Å²) in [5, 5.41) is 0.259. The maximum absolute atomic E-state index is 11.5. The van der Waals surface area contributed by atoms with E-state index in [4.69, 9.17) is 11.6 Å². The molecule has 0 N–H and O–H groups in total. The molecular weight excluding hydrogens is 230 g/mol. The Morgan fingerprint density at radius 3 is 2.62 bits per heavy atom. The van der Waals surface area contributed by atoms with Crippen LogP contribution in [0.1, 0.15) is 24.3 Å². The second kappa shape index (κ2) is 5.65. The highest BCUT2D eigenvalue weighted by atomic mass is 35.5. The molecule has 0 radical (unpaired) electrons. The van der Waals surface area contributed by atoms with Crippen molar-refractivity contribution < 1.29 is 9.53 Å². The van der Waals surface area contributed by atoms with Crippen molar-refractivity contribution in [2.24, 2.45) is 0 Å². The molecule has 0 fully saturated rings. The average molecular weight is 244 g/mol. The van der Waals surface area contributed by atoms with Crippen molar-refractivity contribution in [2.45, 2.75) is 13.8 Å². The van der Waals surface area contributed by atoms with Gasteiger partial charge in [0.15, 0.2) is 11.5 Å². The number of ether oxygens (including phenoxy) is 1. The zero-order chi connectivity index (χ0) is 12.1. The van der Waals surface area contributed by atoms with Gasteiger partial charge in [-0.05, 0) is 13.8 Å². The second-order valence-corrected chi connectivity index (χ2v) is 3.42. The summed E-state index contributed by atoms with van der Waals surface area (Å²) in [6, 6.07) is 0. The van der Waals surface area contributed by atoms with Gasteiger partial charge in [-0.3, -0.25) is 0 Å². The quantitative estimate of drug-likeness (QED) is 0.755. The van der Waals surface area contributed by atoms with Gasteiger partial charge in [0.25, 0.3) is 0 Å². The van der Waals surface area contributed by atoms with Gasteiger partial charge in [-0.15, -0.1) is 0 Å². The predicted octanol–water partition coefficient (Wildman–Crippen LogP) is 1.76. The van der Waals surface area contributed by atoms with Crippen molar-refractivity contribution in [1.82, 2.24) is 9.97 Å². The van der Waals surface area contributed by atoms with Crippen LogP contribution in [-0.4, -0.2) is 36.1 Å². The molecule has 1 aromatic heterocycles. The standard InChI is InChI=1S/C10H14ClN3O2/c1-4-14(5-2)9-8(10(15)16-3)12-6-7(11)13-9/h6H,4-5H2,1-3H3. The molecular formula is C10H14ClN3O2. The first-order valence-corrected chi connectivity index (χ1v) is 5.37. The fourth-order valence-electron chi connectivity index (χ4n) is 1.34. The maximum Gasteiger partial charge on any atom is 0.360 e. The first-order valence-electron chi connectivity index (χ1n) is 4.99. The summed E-state index contributed by atoms with van der Waals surface area (Å²) in [5.41, 5.74) is 0.190. The fourth-order valence-corrected chi connectivity index (χ4v) is 1.47. The van der Waals surface area contributed by atoms with Gasteiger partial charge in [-0.25, -0.2) is 14.8 Å². The van der Waals surface area contributed by atoms with Crippen LogP contribution < -0.4 is 4.90 Å². The summed E-state index contributed by atoms with van der Waals surface area (Å²) >= 11 is 5.77. The summed E-state index contributed by atoms with van der Waals surface area (Å²) < 4.78 is 4.64. The maximum atomic E-state index is 11.5. The number of carbonyl (C=O) groups is 1. The smallest absolute Gasteiger partial charge is 0.360 e. The van der Waals surface area contributed by atoms with E-state index in [0.717, 1.165) is 13.1 Å². The van der Waals surface area contributed by atoms with E-state index in [-0.39, 0.29) is 10.8 Å². The lowest BCUT2D eigenvalue weighted by Gasteiger charge is -2.21. The van der Waals surface area contributed by atoms with Crippen LogP contribution >= 0.6 is 11.6 Å². The lowest BCUT2D eigenvalue weighted by molar-refractivity contribution is 0.0594. The zero-order valence-corrected chi connectivity index (χ0v) is 10.3. The Kier molecular flexibility index (Phi) is 4.49. The van der Waals surface area contributed by atoms with Crippen molar-refractivity contribution >= 4 is 23.4 Å². The van der Waals surface area contributed by atoms with Crippen molar-refractivity contribution in [3.05, 3.63) is 17.0 Å². The minimum Gasteiger partial charge on any atom is -0.464 e. The van der Waals surface area contributed by atoms with Gasteiger partial charge in [0.2, 0.25) is 0 Å². The van der Waals surface area contributed by atoms with Crippen LogP contribution in [0.2, 0.25) is 5.15 Å². The third-order valence-corrected chi connectivity index (χ3v) is 2.35. The van der Waals surface area contributed by atoms with Gasteiger partial charge in [-0.1, -0.05) is 11.6 Å². The average Bonchev–Trinajstić information content (AvgIpc) is 2.30. The summed E-state index contributed by atoms with van der Waals surface area (Å²) in [6.45, 7) is 5.37. The van der Waals surface area contributed by atoms with E-state index in [0.29, 0.717) is 5.82 Å². The highest BCUT2D eigenvalue weighted by Gasteiger charge is 2.19. The van der Waals surface area contributed by atoms with E-state index in [1.54, 1.807) is 0 Å². The lowest BCUT2D eigenvalue weighted by atomic mass is 10.3. The third kappa shape index (κ3) is 2.61. The van der Waals surface area contributed by atoms with Gasteiger partial charge >= 0.3 is 5.97 Å². The Morgan fingerprint density at radius 1 is 1.50 bits per heavy atom. The Bertz CT molecular complexity index is 380. The molecule has 0 amide bonds. The Hall–Kier alpha value is -1.36. The second-order valence-electron chi connectivity index (χ2n) is 3.03. The molecule has 0 saturated heterocycles. The first kappa shape index (κ1) is 12.7. The Balaban J connectivity index is 3.22. The summed E-state index contributed by atoms with van der Waals surface area (Å²) in [4.78, 5) is 21.4. The van der Waals surface area contributed by atoms with Crippen LogP contribution in [0.15, 0.2) is 6.20 Å². The number of hydrogen-bond donors (Lipinski definition) is 0. The van der Waals surface area contributed by atoms with Crippen LogP contribution in [0, 0.1) is 0 Å². The number of halogens is 1. The number of esters is 1. The molecule has 6 heteroatoms. The topological polar surface area (TPSA) is 55.3 Å². The van der Waals surface area contributed by atoms with Crippen LogP contribution in [0.25, 0.3) is 0 Å². The molecule has 0 aliphatic heterocycles. The van der Waals surface area contributed by atoms with Crippen LogP contribution in [0.4, 0.5) is 5.82 Å². The van der Waals surface area contributed by atoms with E-state index in [2.05, 4.69) is 14.7 Å². The first-order chi connectivity index (χ1) is 7.63. The fraction of sp³-hybridized carbons (Fsp3) is 0.500. The third-order valence-electron chi connectivity index (χ3n) is 2.17. The zero-order valence-electron chi connectivity index (χ0n) is 9.53. The number of nitrogens with zero attached hydrogens (tertiary/aromatic N) is 3. The summed E-state index contributed by atoms with van der Waals surface area (Å²) in [6.07, 6.45) is 1.33. The van der Waals surface area contributed by atoms with Crippen molar-refractivity contribution in [3.8, 4) is 0 Å². The molecule has 0 aliphatic rings. The molecule has 0 spiro atoms. The summed E-state index contributed by atoms with van der Waals surface area (Å²) in [7, 11) is 1.31. The van der Waals surface area contributed by atoms with Gasteiger partial charge in [-0.2, -0.15) is 0 Å². The number of rotatable bonds is 4. The highest BCUT2D eigenvalue weighted by Crippen LogP contribution is 2.18. The van der Waals surface area contributed by atoms with E-state index in [1.165, 1.54) is 13.3 Å². The van der Waals surface area contributed by atoms with Crippen LogP contribution in [0.5, 0.6) is 0 Å². The predicted molar refractivity (Wildman–Crippen MR) is 61.9 cm³/mol. The molecule has 0 aromatic carbocycles. The molecule has 0 bridgehead atoms. The minimum atomic E-state index is -0.508. The molecule has 0 aliphatic carbocycles. The molecule has 0 unspecified atom stereocenters. The lowest BCUT2D eigenvalue weighted by Crippen LogP contribution is -2.26. The van der Waals surface area contributed by atoms with Crippen LogP contribution in [0.3, 0.4) is 0 Å². The number of hydrogen-bond acceptors (Lipinski definition) is 5. The van der Waals surface area contributed by atoms with Crippen LogP contribution in [-0.2, 0) is 4.74 Å². The van der Waals surface area contributed by atoms with Crippen molar-refractivity contribution in [1.29, 1.82) is 0 Å². The Morgan fingerprint density at radius 2 is 2.12 bits per heavy atom. The molecule has 1 aromatic rings. The SMILES string of the molecule is CCN(CC)c1nc(Cl)cnc1C(=O)OC. The molecule has 5 nitrogen and oxygen atoms in total. The van der Waals surface area contributed by atoms with Gasteiger partial charge < -0.3 is 9.64 Å². The number of anilines is 1. The number of methoxy groups -OCH3 is 1. The minimum absolute atomic E-state index is 0.190. The van der Waals surface area contributed by atoms with Crippen molar-refractivity contribution in [2.75, 3.05) is 25.1 Å². The highest BCUT2D eigenvalue weighted by molar-refractivity contribution is 6.29. The van der Waals surface area contributed by atoms with E-state index >= 15 is 0 Å². The molecule has 0 atom stereocenters. The van der Waals surface area contributed by atoms with Gasteiger partial charge in [0.1, 0.15) is 5.15 Å². The Labute approximate surface area is 99.4 Å². The number of aromatic nitrogens is 2. The molecule has 1 rings (SSSR count). The molecule has 1 heterocycles. The van der Waals surface area contributed by atoms with E-state index < -0.39 is 5.97 Å². The van der Waals surface area contributed by atoms with E-state index in [9.17, 15) is 4.79 Å². The largest absolute Gasteiger partial charge is 0.464 e. The van der Waals surface area contributed by atoms with Gasteiger partial charge in [0, 0.05) is 13.1 Å². The van der Waals surface area contributed by atoms with Crippen molar-refractivity contribution in [3.63, 3.8) is 0 Å². The van der Waals surface area contributed by atoms with Gasteiger partial charge in [0.05, 0.1) is 13.3 Å². The van der Waals surface area contributed by atoms with E-state index in [1.807, 2.05) is 18.7 Å². The molecule has 88 valence electrons. The number of carbonyl (C=O) groups excluding carboxylic acids is 1. The molecule has 16 heavy (non-hydrogen) atoms. The molecule has 0 saturated carbocycles. The monoisotopic (exact) mass is 243 g/mol. The normalized spacial score (nSPS) is 10.0.